The number of guanidine groups is 1. The number of hydrogen-bond donors (Lipinski definition) is 2. The van der Waals surface area contributed by atoms with Crippen LogP contribution in [0.5, 0.6) is 0 Å². The van der Waals surface area contributed by atoms with Crippen molar-refractivity contribution in [3.63, 3.8) is 0 Å². The zero-order valence-electron chi connectivity index (χ0n) is 6.05. The lowest BCUT2D eigenvalue weighted by molar-refractivity contribution is -0.504. The first-order valence-corrected chi connectivity index (χ1v) is 2.67. The molecule has 0 aromatic rings. The van der Waals surface area contributed by atoms with E-state index in [-0.39, 0.29) is 5.96 Å². The Morgan fingerprint density at radius 2 is 1.78 bits per heavy atom. The van der Waals surface area contributed by atoms with Crippen LogP contribution in [0, 0.1) is 0 Å². The molecule has 4 nitrogen and oxygen atoms in total. The molecule has 0 atom stereocenters. The van der Waals surface area contributed by atoms with E-state index < -0.39 is 0 Å². The minimum absolute atomic E-state index is 0.205. The Bertz CT molecular complexity index is 148. The smallest absolute Gasteiger partial charge is 0.289 e. The first-order chi connectivity index (χ1) is 4.04. The molecule has 0 aliphatic heterocycles. The molecule has 0 rings (SSSR count). The lowest BCUT2D eigenvalue weighted by Crippen LogP contribution is -2.31. The van der Waals surface area contributed by atoms with Gasteiger partial charge in [-0.2, -0.15) is 0 Å². The predicted octanol–water partition coefficient (Wildman–Crippen LogP) is -0.702. The fraction of sp³-hybridized carbons (Fsp3) is 0.600. The van der Waals surface area contributed by atoms with Crippen molar-refractivity contribution >= 4 is 11.7 Å². The van der Waals surface area contributed by atoms with E-state index in [1.807, 2.05) is 13.8 Å². The Morgan fingerprint density at radius 3 is 1.89 bits per heavy atom. The van der Waals surface area contributed by atoms with Crippen LogP contribution in [0.15, 0.2) is 5.10 Å². The molecule has 0 amide bonds. The normalized spacial score (nSPS) is 8.33. The van der Waals surface area contributed by atoms with Gasteiger partial charge in [-0.15, -0.1) is 9.79 Å². The highest BCUT2D eigenvalue weighted by molar-refractivity contribution is 5.79. The summed E-state index contributed by atoms with van der Waals surface area (Å²) in [7, 11) is 1.70. The van der Waals surface area contributed by atoms with Gasteiger partial charge in [0.15, 0.2) is 0 Å². The molecule has 0 saturated carbocycles. The van der Waals surface area contributed by atoms with Crippen LogP contribution in [-0.2, 0) is 0 Å². The van der Waals surface area contributed by atoms with E-state index in [4.69, 9.17) is 11.5 Å². The van der Waals surface area contributed by atoms with Crippen LogP contribution in [0.4, 0.5) is 0 Å². The first-order valence-electron chi connectivity index (χ1n) is 2.67. The Labute approximate surface area is 54.8 Å². The molecular formula is C5H13N4+. The Hall–Kier alpha value is -1.06. The van der Waals surface area contributed by atoms with Crippen LogP contribution in [-0.4, -0.2) is 23.4 Å². The van der Waals surface area contributed by atoms with Crippen LogP contribution < -0.4 is 11.5 Å². The van der Waals surface area contributed by atoms with Crippen molar-refractivity contribution in [2.75, 3.05) is 7.05 Å². The maximum Gasteiger partial charge on any atom is 0.364 e. The van der Waals surface area contributed by atoms with E-state index in [9.17, 15) is 0 Å². The molecule has 0 aromatic carbocycles. The molecular weight excluding hydrogens is 116 g/mol. The molecule has 0 aromatic heterocycles. The van der Waals surface area contributed by atoms with Gasteiger partial charge in [0.05, 0.1) is 7.05 Å². The van der Waals surface area contributed by atoms with E-state index in [0.29, 0.717) is 0 Å². The lowest BCUT2D eigenvalue weighted by atomic mass is 10.5. The highest BCUT2D eigenvalue weighted by Gasteiger charge is 1.91. The predicted molar refractivity (Wildman–Crippen MR) is 38.3 cm³/mol. The maximum atomic E-state index is 5.20. The third-order valence-corrected chi connectivity index (χ3v) is 0.724. The number of hydrazone groups is 1. The van der Waals surface area contributed by atoms with Gasteiger partial charge in [-0.25, -0.2) is 0 Å². The van der Waals surface area contributed by atoms with Crippen molar-refractivity contribution < 1.29 is 4.68 Å². The third kappa shape index (κ3) is 3.52. The average Bonchev–Trinajstić information content (AvgIpc) is 1.63. The molecule has 0 aliphatic rings. The molecule has 0 aliphatic carbocycles. The summed E-state index contributed by atoms with van der Waals surface area (Å²) in [5.41, 5.74) is 11.3. The summed E-state index contributed by atoms with van der Waals surface area (Å²) in [6.45, 7) is 3.75. The van der Waals surface area contributed by atoms with Gasteiger partial charge in [-0.1, -0.05) is 0 Å². The SMILES string of the molecule is CC(C)=N[N+](C)=C(N)N. The zero-order chi connectivity index (χ0) is 7.44. The highest BCUT2D eigenvalue weighted by Crippen LogP contribution is 1.73. The molecule has 0 radical (unpaired) electrons. The molecule has 0 heterocycles. The van der Waals surface area contributed by atoms with E-state index in [0.717, 1.165) is 5.71 Å². The molecule has 4 N–H and O–H groups in total. The fourth-order valence-electron chi connectivity index (χ4n) is 0.358. The summed E-state index contributed by atoms with van der Waals surface area (Å²) in [5.74, 6) is 0.205. The number of hydrogen-bond acceptors (Lipinski definition) is 1. The second-order valence-corrected chi connectivity index (χ2v) is 2.00. The van der Waals surface area contributed by atoms with Crippen molar-refractivity contribution in [2.24, 2.45) is 16.6 Å². The van der Waals surface area contributed by atoms with Gasteiger partial charge < -0.3 is 0 Å². The second kappa shape index (κ2) is 3.06. The van der Waals surface area contributed by atoms with Crippen LogP contribution in [0.3, 0.4) is 0 Å². The minimum atomic E-state index is 0.205. The molecule has 4 heteroatoms. The molecule has 52 valence electrons. The summed E-state index contributed by atoms with van der Waals surface area (Å²) in [4.78, 5) is 0. The van der Waals surface area contributed by atoms with Crippen molar-refractivity contribution in [3.8, 4) is 0 Å². The summed E-state index contributed by atoms with van der Waals surface area (Å²) in [6.07, 6.45) is 0. The van der Waals surface area contributed by atoms with E-state index in [1.165, 1.54) is 4.68 Å². The van der Waals surface area contributed by atoms with E-state index in [2.05, 4.69) is 5.10 Å². The first kappa shape index (κ1) is 7.94. The van der Waals surface area contributed by atoms with Crippen LogP contribution in [0.25, 0.3) is 0 Å². The maximum absolute atomic E-state index is 5.20. The van der Waals surface area contributed by atoms with Gasteiger partial charge >= 0.3 is 5.96 Å². The van der Waals surface area contributed by atoms with Gasteiger partial charge in [-0.05, 0) is 13.8 Å². The number of nitrogens with zero attached hydrogens (tertiary/aromatic N) is 2. The Morgan fingerprint density at radius 1 is 1.33 bits per heavy atom. The summed E-state index contributed by atoms with van der Waals surface area (Å²) < 4.78 is 1.43. The molecule has 0 bridgehead atoms. The van der Waals surface area contributed by atoms with E-state index in [1.54, 1.807) is 7.05 Å². The van der Waals surface area contributed by atoms with Gasteiger partial charge in [0, 0.05) is 5.71 Å². The Kier molecular flexibility index (Phi) is 2.70. The second-order valence-electron chi connectivity index (χ2n) is 2.00. The van der Waals surface area contributed by atoms with Crippen LogP contribution in [0.1, 0.15) is 13.8 Å². The topological polar surface area (TPSA) is 67.4 Å². The van der Waals surface area contributed by atoms with Gasteiger partial charge in [0.25, 0.3) is 0 Å². The zero-order valence-corrected chi connectivity index (χ0v) is 6.05. The lowest BCUT2D eigenvalue weighted by Gasteiger charge is -1.92. The summed E-state index contributed by atoms with van der Waals surface area (Å²) in [5, 5.41) is 3.94. The summed E-state index contributed by atoms with van der Waals surface area (Å²) >= 11 is 0. The molecule has 0 saturated heterocycles. The Balaban J connectivity index is 4.25. The van der Waals surface area contributed by atoms with Crippen molar-refractivity contribution in [2.45, 2.75) is 13.8 Å². The van der Waals surface area contributed by atoms with Gasteiger partial charge in [0.1, 0.15) is 0 Å². The quantitative estimate of drug-likeness (QED) is 0.213. The minimum Gasteiger partial charge on any atom is -0.289 e. The standard InChI is InChI=1S/C5H12N4/c1-4(2)8-9(3)5(6)7/h1-3H3,(H3,6,7)/p+1. The highest BCUT2D eigenvalue weighted by atomic mass is 15.4. The van der Waals surface area contributed by atoms with Crippen molar-refractivity contribution in [3.05, 3.63) is 0 Å². The molecule has 0 spiro atoms. The number of nitrogens with two attached hydrogens (primary N) is 2. The molecule has 9 heavy (non-hydrogen) atoms. The van der Waals surface area contributed by atoms with Crippen LogP contribution >= 0.6 is 0 Å². The monoisotopic (exact) mass is 129 g/mol. The van der Waals surface area contributed by atoms with Gasteiger partial charge in [-0.3, -0.25) is 11.5 Å². The van der Waals surface area contributed by atoms with Crippen molar-refractivity contribution in [1.82, 2.24) is 0 Å². The number of rotatable bonds is 1. The fourth-order valence-corrected chi connectivity index (χ4v) is 0.358. The van der Waals surface area contributed by atoms with Crippen molar-refractivity contribution in [1.29, 1.82) is 0 Å². The summed E-state index contributed by atoms with van der Waals surface area (Å²) in [6, 6.07) is 0. The largest absolute Gasteiger partial charge is 0.364 e. The third-order valence-electron chi connectivity index (χ3n) is 0.724. The molecule has 0 fully saturated rings. The van der Waals surface area contributed by atoms with Crippen LogP contribution in [0.2, 0.25) is 0 Å². The van der Waals surface area contributed by atoms with E-state index >= 15 is 0 Å². The van der Waals surface area contributed by atoms with Gasteiger partial charge in [0.2, 0.25) is 0 Å². The average molecular weight is 129 g/mol. The molecule has 0 unspecified atom stereocenters.